The summed E-state index contributed by atoms with van der Waals surface area (Å²) in [5.41, 5.74) is 1.97. The van der Waals surface area contributed by atoms with Crippen molar-refractivity contribution in [3.05, 3.63) is 83.9 Å². The third-order valence-corrected chi connectivity index (χ3v) is 4.60. The maximum absolute atomic E-state index is 13.3. The maximum Gasteiger partial charge on any atom is 0.126 e. The van der Waals surface area contributed by atoms with Gasteiger partial charge in [0.2, 0.25) is 0 Å². The van der Waals surface area contributed by atoms with Gasteiger partial charge in [-0.05, 0) is 35.7 Å². The molecule has 0 fully saturated rings. The summed E-state index contributed by atoms with van der Waals surface area (Å²) >= 11 is 0. The van der Waals surface area contributed by atoms with Crippen molar-refractivity contribution in [1.29, 1.82) is 0 Å². The van der Waals surface area contributed by atoms with E-state index in [4.69, 9.17) is 4.74 Å². The van der Waals surface area contributed by atoms with Crippen molar-refractivity contribution in [2.75, 3.05) is 6.61 Å². The number of rotatable bonds is 5. The summed E-state index contributed by atoms with van der Waals surface area (Å²) in [6.45, 7) is 1.12. The number of aromatic nitrogens is 2. The molecule has 3 aromatic rings. The molecule has 4 nitrogen and oxygen atoms in total. The van der Waals surface area contributed by atoms with Crippen molar-refractivity contribution >= 4 is 0 Å². The Labute approximate surface area is 150 Å². The first kappa shape index (κ1) is 16.7. The zero-order valence-corrected chi connectivity index (χ0v) is 14.1. The summed E-state index contributed by atoms with van der Waals surface area (Å²) in [5, 5.41) is 3.60. The largest absolute Gasteiger partial charge is 0.492 e. The van der Waals surface area contributed by atoms with Gasteiger partial charge in [-0.1, -0.05) is 18.2 Å². The van der Waals surface area contributed by atoms with Crippen LogP contribution in [0.2, 0.25) is 0 Å². The van der Waals surface area contributed by atoms with Crippen molar-refractivity contribution in [2.24, 2.45) is 0 Å². The Kier molecular flexibility index (Phi) is 4.67. The van der Waals surface area contributed by atoms with Gasteiger partial charge in [0.15, 0.2) is 0 Å². The summed E-state index contributed by atoms with van der Waals surface area (Å²) in [4.78, 5) is 4.08. The van der Waals surface area contributed by atoms with Gasteiger partial charge < -0.3 is 14.6 Å². The number of hydrogen-bond donors (Lipinski definition) is 1. The first-order valence-electron chi connectivity index (χ1n) is 8.56. The molecule has 4 rings (SSSR count). The fourth-order valence-corrected chi connectivity index (χ4v) is 3.29. The van der Waals surface area contributed by atoms with Crippen LogP contribution in [0.15, 0.2) is 61.2 Å². The van der Waals surface area contributed by atoms with Gasteiger partial charge in [-0.15, -0.1) is 0 Å². The number of nitrogens with one attached hydrogen (secondary N) is 1. The average Bonchev–Trinajstić information content (AvgIpc) is 3.15. The number of benzene rings is 2. The lowest BCUT2D eigenvalue weighted by Crippen LogP contribution is -2.42. The Morgan fingerprint density at radius 3 is 2.73 bits per heavy atom. The quantitative estimate of drug-likeness (QED) is 0.761. The highest BCUT2D eigenvalue weighted by Gasteiger charge is 2.24. The molecule has 26 heavy (non-hydrogen) atoms. The molecule has 0 aliphatic carbocycles. The van der Waals surface area contributed by atoms with Gasteiger partial charge in [0, 0.05) is 31.0 Å². The van der Waals surface area contributed by atoms with Crippen LogP contribution in [0, 0.1) is 11.6 Å². The van der Waals surface area contributed by atoms with Gasteiger partial charge >= 0.3 is 0 Å². The van der Waals surface area contributed by atoms with Gasteiger partial charge in [-0.25, -0.2) is 13.8 Å². The van der Waals surface area contributed by atoms with Crippen LogP contribution in [-0.2, 0) is 13.0 Å². The highest BCUT2D eigenvalue weighted by atomic mass is 19.1. The van der Waals surface area contributed by atoms with Gasteiger partial charge in [0.25, 0.3) is 0 Å². The second-order valence-corrected chi connectivity index (χ2v) is 6.49. The van der Waals surface area contributed by atoms with Crippen molar-refractivity contribution in [3.63, 3.8) is 0 Å². The zero-order valence-electron chi connectivity index (χ0n) is 14.1. The third-order valence-electron chi connectivity index (χ3n) is 4.60. The Balaban J connectivity index is 1.53. The molecule has 2 aromatic carbocycles. The van der Waals surface area contributed by atoms with E-state index in [1.54, 1.807) is 30.7 Å². The molecule has 1 aliphatic heterocycles. The molecule has 0 bridgehead atoms. The van der Waals surface area contributed by atoms with E-state index in [-0.39, 0.29) is 23.7 Å². The first-order chi connectivity index (χ1) is 12.7. The Morgan fingerprint density at radius 1 is 1.15 bits per heavy atom. The summed E-state index contributed by atoms with van der Waals surface area (Å²) in [7, 11) is 0. The summed E-state index contributed by atoms with van der Waals surface area (Å²) < 4.78 is 34.3. The van der Waals surface area contributed by atoms with Gasteiger partial charge in [0.1, 0.15) is 24.0 Å². The Morgan fingerprint density at radius 2 is 1.96 bits per heavy atom. The lowest BCUT2D eigenvalue weighted by Gasteiger charge is -2.30. The summed E-state index contributed by atoms with van der Waals surface area (Å²) in [6, 6.07) is 11.2. The third kappa shape index (κ3) is 3.75. The van der Waals surface area contributed by atoms with E-state index < -0.39 is 0 Å². The molecule has 0 saturated carbocycles. The molecular formula is C20H19F2N3O. The van der Waals surface area contributed by atoms with Crippen molar-refractivity contribution < 1.29 is 13.5 Å². The predicted octanol–water partition coefficient (Wildman–Crippen LogP) is 3.50. The molecule has 0 radical (unpaired) electrons. The maximum atomic E-state index is 13.3. The molecule has 2 atom stereocenters. The molecule has 1 aromatic heterocycles. The molecule has 0 spiro atoms. The van der Waals surface area contributed by atoms with Crippen LogP contribution in [0.5, 0.6) is 5.75 Å². The predicted molar refractivity (Wildman–Crippen MR) is 93.9 cm³/mol. The minimum atomic E-state index is -0.292. The summed E-state index contributed by atoms with van der Waals surface area (Å²) in [6.07, 6.45) is 6.13. The van der Waals surface area contributed by atoms with Gasteiger partial charge in [-0.2, -0.15) is 0 Å². The number of halogens is 2. The number of nitrogens with zero attached hydrogens (tertiary/aromatic N) is 2. The van der Waals surface area contributed by atoms with E-state index in [2.05, 4.69) is 10.3 Å². The number of imidazole rings is 1. The SMILES string of the molecule is Fc1ccc(C(Cn2ccnc2)NC2COc3cc(F)ccc3C2)cc1. The fraction of sp³-hybridized carbons (Fsp3) is 0.250. The lowest BCUT2D eigenvalue weighted by molar-refractivity contribution is 0.221. The molecule has 1 aliphatic rings. The first-order valence-corrected chi connectivity index (χ1v) is 8.56. The number of ether oxygens (including phenoxy) is 1. The van der Waals surface area contributed by atoms with E-state index in [9.17, 15) is 8.78 Å². The minimum Gasteiger partial charge on any atom is -0.492 e. The normalized spacial score (nSPS) is 17.4. The zero-order chi connectivity index (χ0) is 17.9. The lowest BCUT2D eigenvalue weighted by atomic mass is 9.99. The molecule has 2 unspecified atom stereocenters. The highest BCUT2D eigenvalue weighted by Crippen LogP contribution is 2.27. The van der Waals surface area contributed by atoms with Crippen LogP contribution in [0.4, 0.5) is 8.78 Å². The van der Waals surface area contributed by atoms with Crippen LogP contribution in [0.1, 0.15) is 17.2 Å². The second-order valence-electron chi connectivity index (χ2n) is 6.49. The van der Waals surface area contributed by atoms with Crippen LogP contribution < -0.4 is 10.1 Å². The highest BCUT2D eigenvalue weighted by molar-refractivity contribution is 5.36. The molecule has 2 heterocycles. The molecule has 0 saturated heterocycles. The van der Waals surface area contributed by atoms with E-state index in [1.807, 2.05) is 10.8 Å². The Hall–Kier alpha value is -2.73. The standard InChI is InChI=1S/C20H19F2N3O/c21-16-4-1-14(2-5-16)19(11-25-8-7-23-13-25)24-18-9-15-3-6-17(22)10-20(15)26-12-18/h1-8,10,13,18-19,24H,9,11-12H2. The van der Waals surface area contributed by atoms with Crippen LogP contribution >= 0.6 is 0 Å². The van der Waals surface area contributed by atoms with Gasteiger partial charge in [0.05, 0.1) is 12.4 Å². The summed E-state index contributed by atoms with van der Waals surface area (Å²) in [5.74, 6) is 0.0579. The topological polar surface area (TPSA) is 39.1 Å². The van der Waals surface area contributed by atoms with E-state index in [0.717, 1.165) is 17.5 Å². The van der Waals surface area contributed by atoms with Crippen molar-refractivity contribution in [2.45, 2.75) is 25.0 Å². The van der Waals surface area contributed by atoms with Crippen LogP contribution in [-0.4, -0.2) is 22.2 Å². The molecule has 6 heteroatoms. The molecule has 1 N–H and O–H groups in total. The average molecular weight is 355 g/mol. The van der Waals surface area contributed by atoms with Crippen LogP contribution in [0.3, 0.4) is 0 Å². The minimum absolute atomic E-state index is 0.0274. The molecule has 134 valence electrons. The van der Waals surface area contributed by atoms with E-state index in [1.165, 1.54) is 24.3 Å². The molecule has 0 amide bonds. The Bertz CT molecular complexity index is 865. The van der Waals surface area contributed by atoms with Crippen molar-refractivity contribution in [1.82, 2.24) is 14.9 Å². The smallest absolute Gasteiger partial charge is 0.126 e. The van der Waals surface area contributed by atoms with Crippen molar-refractivity contribution in [3.8, 4) is 5.75 Å². The fourth-order valence-electron chi connectivity index (χ4n) is 3.29. The number of hydrogen-bond acceptors (Lipinski definition) is 3. The van der Waals surface area contributed by atoms with E-state index in [0.29, 0.717) is 18.9 Å². The molecular weight excluding hydrogens is 336 g/mol. The number of fused-ring (bicyclic) bond motifs is 1. The van der Waals surface area contributed by atoms with E-state index >= 15 is 0 Å². The van der Waals surface area contributed by atoms with Crippen LogP contribution in [0.25, 0.3) is 0 Å². The monoisotopic (exact) mass is 355 g/mol. The second kappa shape index (κ2) is 7.25. The van der Waals surface area contributed by atoms with Gasteiger partial charge in [-0.3, -0.25) is 0 Å².